The predicted molar refractivity (Wildman–Crippen MR) is 132 cm³/mol. The Morgan fingerprint density at radius 1 is 1.18 bits per heavy atom. The molecule has 2 atom stereocenters. The molecule has 1 heterocycles. The van der Waals surface area contributed by atoms with E-state index in [0.29, 0.717) is 24.2 Å². The lowest BCUT2D eigenvalue weighted by Crippen LogP contribution is -2.52. The Morgan fingerprint density at radius 2 is 1.97 bits per heavy atom. The van der Waals surface area contributed by atoms with Gasteiger partial charge in [0.2, 0.25) is 11.8 Å². The summed E-state index contributed by atoms with van der Waals surface area (Å²) < 4.78 is 5.66. The van der Waals surface area contributed by atoms with E-state index in [0.717, 1.165) is 27.6 Å². The lowest BCUT2D eigenvalue weighted by molar-refractivity contribution is -0.128. The minimum atomic E-state index is -0.647. The number of methoxy groups -OCH3 is 1. The van der Waals surface area contributed by atoms with Gasteiger partial charge in [0.1, 0.15) is 11.8 Å². The molecular weight excluding hydrogens is 428 g/mol. The third-order valence-electron chi connectivity index (χ3n) is 6.48. The molecule has 0 radical (unpaired) electrons. The van der Waals surface area contributed by atoms with Crippen molar-refractivity contribution >= 4 is 28.3 Å². The van der Waals surface area contributed by atoms with E-state index >= 15 is 0 Å². The van der Waals surface area contributed by atoms with Crippen molar-refractivity contribution in [2.75, 3.05) is 19.1 Å². The number of hydrogen-bond donors (Lipinski definition) is 2. The average Bonchev–Trinajstić information content (AvgIpc) is 3.00. The molecular formula is C27H28N4O3. The highest BCUT2D eigenvalue weighted by Gasteiger charge is 2.33. The first-order chi connectivity index (χ1) is 16.5. The van der Waals surface area contributed by atoms with Gasteiger partial charge in [0.15, 0.2) is 0 Å². The van der Waals surface area contributed by atoms with Gasteiger partial charge in [-0.15, -0.1) is 0 Å². The van der Waals surface area contributed by atoms with Crippen molar-refractivity contribution < 1.29 is 14.3 Å². The maximum Gasteiger partial charge on any atom is 0.249 e. The molecule has 2 unspecified atom stereocenters. The molecule has 1 aliphatic heterocycles. The van der Waals surface area contributed by atoms with Crippen molar-refractivity contribution in [3.05, 3.63) is 71.3 Å². The zero-order valence-electron chi connectivity index (χ0n) is 19.6. The first-order valence-corrected chi connectivity index (χ1v) is 11.3. The normalized spacial score (nSPS) is 16.4. The third kappa shape index (κ3) is 4.33. The lowest BCUT2D eigenvalue weighted by atomic mass is 9.99. The molecule has 0 spiro atoms. The number of amides is 2. The topological polar surface area (TPSA) is 94.5 Å². The zero-order chi connectivity index (χ0) is 24.2. The molecule has 0 saturated heterocycles. The van der Waals surface area contributed by atoms with Gasteiger partial charge in [0.25, 0.3) is 0 Å². The van der Waals surface area contributed by atoms with E-state index in [2.05, 4.69) is 16.7 Å². The Hall–Kier alpha value is -3.89. The molecule has 1 aliphatic rings. The Kier molecular flexibility index (Phi) is 6.80. The number of fused-ring (bicyclic) bond motifs is 2. The van der Waals surface area contributed by atoms with E-state index in [9.17, 15) is 14.9 Å². The zero-order valence-corrected chi connectivity index (χ0v) is 19.6. The average molecular weight is 457 g/mol. The fourth-order valence-corrected chi connectivity index (χ4v) is 4.45. The van der Waals surface area contributed by atoms with Crippen LogP contribution in [0.5, 0.6) is 5.75 Å². The number of nitrogens with one attached hydrogen (secondary N) is 2. The molecule has 174 valence electrons. The molecule has 7 nitrogen and oxygen atoms in total. The fraction of sp³-hybridized carbons (Fsp3) is 0.296. The fourth-order valence-electron chi connectivity index (χ4n) is 4.45. The van der Waals surface area contributed by atoms with E-state index in [4.69, 9.17) is 4.74 Å². The van der Waals surface area contributed by atoms with Gasteiger partial charge in [-0.05, 0) is 62.0 Å². The molecule has 7 heteroatoms. The van der Waals surface area contributed by atoms with Crippen LogP contribution in [0.3, 0.4) is 0 Å². The van der Waals surface area contributed by atoms with Gasteiger partial charge < -0.3 is 20.3 Å². The molecule has 0 aromatic heterocycles. The Balaban J connectivity index is 1.80. The van der Waals surface area contributed by atoms with E-state index in [1.165, 1.54) is 0 Å². The second-order valence-electron chi connectivity index (χ2n) is 8.42. The standard InChI is InChI=1S/C27H28N4O3/c1-17(29-2)26(32)30-23-13-11-18-7-4-5-10-24(18)31(27(23)33)16-22-21-9-6-8-19(15-28)20(21)12-14-25(22)34-3/h4-10,12,14,17,23,29H,11,13,16H2,1-3H3,(H,30,32). The molecule has 0 bridgehead atoms. The molecule has 4 rings (SSSR count). The number of benzene rings is 3. The number of nitriles is 1. The first kappa shape index (κ1) is 23.3. The number of nitrogens with zero attached hydrogens (tertiary/aromatic N) is 2. The van der Waals surface area contributed by atoms with Crippen molar-refractivity contribution in [3.63, 3.8) is 0 Å². The molecule has 34 heavy (non-hydrogen) atoms. The predicted octanol–water partition coefficient (Wildman–Crippen LogP) is 3.29. The minimum absolute atomic E-state index is 0.169. The van der Waals surface area contributed by atoms with E-state index in [-0.39, 0.29) is 18.4 Å². The van der Waals surface area contributed by atoms with Crippen molar-refractivity contribution in [2.45, 2.75) is 38.4 Å². The van der Waals surface area contributed by atoms with Crippen LogP contribution >= 0.6 is 0 Å². The van der Waals surface area contributed by atoms with Crippen LogP contribution in [-0.2, 0) is 22.6 Å². The quantitative estimate of drug-likeness (QED) is 0.594. The molecule has 3 aromatic rings. The Labute approximate surface area is 199 Å². The number of likely N-dealkylation sites (N-methyl/N-ethyl adjacent to an activating group) is 1. The van der Waals surface area contributed by atoms with Gasteiger partial charge in [-0.3, -0.25) is 9.59 Å². The number of hydrogen-bond acceptors (Lipinski definition) is 5. The molecule has 3 aromatic carbocycles. The van der Waals surface area contributed by atoms with Gasteiger partial charge in [0.05, 0.1) is 31.3 Å². The Morgan fingerprint density at radius 3 is 2.71 bits per heavy atom. The summed E-state index contributed by atoms with van der Waals surface area (Å²) in [5.74, 6) is 0.256. The largest absolute Gasteiger partial charge is 0.496 e. The molecule has 2 N–H and O–H groups in total. The summed E-state index contributed by atoms with van der Waals surface area (Å²) >= 11 is 0. The number of anilines is 1. The van der Waals surface area contributed by atoms with Gasteiger partial charge in [0, 0.05) is 16.6 Å². The van der Waals surface area contributed by atoms with Crippen LogP contribution in [0.25, 0.3) is 10.8 Å². The highest BCUT2D eigenvalue weighted by molar-refractivity contribution is 6.02. The van der Waals surface area contributed by atoms with Gasteiger partial charge >= 0.3 is 0 Å². The summed E-state index contributed by atoms with van der Waals surface area (Å²) in [6, 6.07) is 18.3. The molecule has 0 saturated carbocycles. The number of para-hydroxylation sites is 1. The highest BCUT2D eigenvalue weighted by atomic mass is 16.5. The maximum atomic E-state index is 13.8. The van der Waals surface area contributed by atoms with E-state index < -0.39 is 12.1 Å². The van der Waals surface area contributed by atoms with Crippen LogP contribution in [0.2, 0.25) is 0 Å². The number of carbonyl (C=O) groups excluding carboxylic acids is 2. The van der Waals surface area contributed by atoms with Crippen molar-refractivity contribution in [2.24, 2.45) is 0 Å². The Bertz CT molecular complexity index is 1280. The van der Waals surface area contributed by atoms with Crippen molar-refractivity contribution in [3.8, 4) is 11.8 Å². The monoisotopic (exact) mass is 456 g/mol. The van der Waals surface area contributed by atoms with Crippen LogP contribution < -0.4 is 20.3 Å². The number of carbonyl (C=O) groups is 2. The van der Waals surface area contributed by atoms with Crippen LogP contribution in [0.4, 0.5) is 5.69 Å². The van der Waals surface area contributed by atoms with E-state index in [1.807, 2.05) is 48.5 Å². The summed E-state index contributed by atoms with van der Waals surface area (Å²) in [6.45, 7) is 2.01. The van der Waals surface area contributed by atoms with E-state index in [1.54, 1.807) is 32.0 Å². The summed E-state index contributed by atoms with van der Waals surface area (Å²) in [6.07, 6.45) is 1.18. The first-order valence-electron chi connectivity index (χ1n) is 11.3. The number of ether oxygens (including phenoxy) is 1. The van der Waals surface area contributed by atoms with Gasteiger partial charge in [-0.25, -0.2) is 0 Å². The van der Waals surface area contributed by atoms with Crippen LogP contribution in [0.15, 0.2) is 54.6 Å². The minimum Gasteiger partial charge on any atom is -0.496 e. The third-order valence-corrected chi connectivity index (χ3v) is 6.48. The summed E-state index contributed by atoms with van der Waals surface area (Å²) in [5.41, 5.74) is 3.25. The summed E-state index contributed by atoms with van der Waals surface area (Å²) in [7, 11) is 3.31. The lowest BCUT2D eigenvalue weighted by Gasteiger charge is -2.28. The molecule has 2 amide bonds. The smallest absolute Gasteiger partial charge is 0.249 e. The van der Waals surface area contributed by atoms with Crippen LogP contribution in [0, 0.1) is 11.3 Å². The SMILES string of the molecule is CNC(C)C(=O)NC1CCc2ccccc2N(Cc2c(OC)ccc3c(C#N)cccc23)C1=O. The number of aryl methyl sites for hydroxylation is 1. The second kappa shape index (κ2) is 9.94. The maximum absolute atomic E-state index is 13.8. The van der Waals surface area contributed by atoms with Crippen molar-refractivity contribution in [1.29, 1.82) is 5.26 Å². The molecule has 0 aliphatic carbocycles. The van der Waals surface area contributed by atoms with Gasteiger partial charge in [-0.2, -0.15) is 5.26 Å². The van der Waals surface area contributed by atoms with Crippen molar-refractivity contribution in [1.82, 2.24) is 10.6 Å². The summed E-state index contributed by atoms with van der Waals surface area (Å²) in [4.78, 5) is 28.1. The van der Waals surface area contributed by atoms with Crippen LogP contribution in [0.1, 0.15) is 30.0 Å². The molecule has 0 fully saturated rings. The van der Waals surface area contributed by atoms with Crippen LogP contribution in [-0.4, -0.2) is 38.1 Å². The summed E-state index contributed by atoms with van der Waals surface area (Å²) in [5, 5.41) is 17.1. The number of rotatable bonds is 6. The highest BCUT2D eigenvalue weighted by Crippen LogP contribution is 2.35. The van der Waals surface area contributed by atoms with Gasteiger partial charge in [-0.1, -0.05) is 30.3 Å². The second-order valence-corrected chi connectivity index (χ2v) is 8.42.